The van der Waals surface area contributed by atoms with Crippen molar-refractivity contribution in [3.63, 3.8) is 0 Å². The molecule has 0 spiro atoms. The molecule has 0 aromatic rings. The van der Waals surface area contributed by atoms with E-state index in [0.717, 1.165) is 10.8 Å². The second-order valence-corrected chi connectivity index (χ2v) is 4.61. The second-order valence-electron chi connectivity index (χ2n) is 3.73. The maximum Gasteiger partial charge on any atom is 0.0176 e. The van der Waals surface area contributed by atoms with Crippen LogP contribution in [0, 0.1) is 0 Å². The van der Waals surface area contributed by atoms with Crippen molar-refractivity contribution >= 4 is 22.6 Å². The fourth-order valence-electron chi connectivity index (χ4n) is 1.12. The van der Waals surface area contributed by atoms with E-state index in [1.54, 1.807) is 0 Å². The zero-order chi connectivity index (χ0) is 10.8. The molecule has 0 unspecified atom stereocenters. The van der Waals surface area contributed by atoms with Gasteiger partial charge in [-0.2, -0.15) is 0 Å². The minimum absolute atomic E-state index is 1.09. The summed E-state index contributed by atoms with van der Waals surface area (Å²) in [7, 11) is 0. The highest BCUT2D eigenvalue weighted by molar-refractivity contribution is 14.1. The summed E-state index contributed by atoms with van der Waals surface area (Å²) in [5.74, 6) is 0. The predicted molar refractivity (Wildman–Crippen MR) is 75.1 cm³/mol. The lowest BCUT2D eigenvalue weighted by Gasteiger charge is -1.97. The summed E-state index contributed by atoms with van der Waals surface area (Å²) < 4.78 is 1.11. The van der Waals surface area contributed by atoms with Gasteiger partial charge in [-0.1, -0.05) is 58.0 Å². The molecule has 0 aromatic carbocycles. The van der Waals surface area contributed by atoms with Crippen LogP contribution in [-0.2, 0) is 0 Å². The molecule has 0 N–H and O–H groups in total. The molecule has 0 atom stereocenters. The number of hydrogen-bond donors (Lipinski definition) is 0. The first-order valence-corrected chi connectivity index (χ1v) is 6.69. The molecule has 0 bridgehead atoms. The van der Waals surface area contributed by atoms with E-state index >= 15 is 0 Å². The highest BCUT2D eigenvalue weighted by Gasteiger charge is 1.87. The van der Waals surface area contributed by atoms with Crippen LogP contribution in [0.2, 0.25) is 0 Å². The topological polar surface area (TPSA) is 0 Å². The fraction of sp³-hybridized carbons (Fsp3) is 0.538. The average Bonchev–Trinajstić information content (AvgIpc) is 2.12. The quantitative estimate of drug-likeness (QED) is 0.365. The molecular formula is C13H21I. The lowest BCUT2D eigenvalue weighted by Crippen LogP contribution is -1.77. The van der Waals surface area contributed by atoms with Crippen molar-refractivity contribution in [2.75, 3.05) is 4.43 Å². The van der Waals surface area contributed by atoms with Crippen LogP contribution in [0.4, 0.5) is 0 Å². The first-order valence-electron chi connectivity index (χ1n) is 5.16. The highest BCUT2D eigenvalue weighted by Crippen LogP contribution is 2.07. The van der Waals surface area contributed by atoms with Crippen molar-refractivity contribution in [3.05, 3.63) is 35.5 Å². The zero-order valence-corrected chi connectivity index (χ0v) is 11.7. The van der Waals surface area contributed by atoms with Gasteiger partial charge in [0.2, 0.25) is 0 Å². The van der Waals surface area contributed by atoms with Crippen LogP contribution < -0.4 is 0 Å². The lowest BCUT2D eigenvalue weighted by atomic mass is 10.1. The Hall–Kier alpha value is -0.0500. The van der Waals surface area contributed by atoms with Crippen molar-refractivity contribution in [1.29, 1.82) is 0 Å². The van der Waals surface area contributed by atoms with Crippen molar-refractivity contribution in [2.24, 2.45) is 0 Å². The first-order chi connectivity index (χ1) is 6.66. The molecule has 80 valence electrons. The minimum atomic E-state index is 1.09. The lowest BCUT2D eigenvalue weighted by molar-refractivity contribution is 0.958. The van der Waals surface area contributed by atoms with Gasteiger partial charge in [-0.25, -0.2) is 0 Å². The van der Waals surface area contributed by atoms with Crippen LogP contribution in [0.1, 0.15) is 40.0 Å². The summed E-state index contributed by atoms with van der Waals surface area (Å²) in [4.78, 5) is 0. The Morgan fingerprint density at radius 1 is 1.07 bits per heavy atom. The highest BCUT2D eigenvalue weighted by atomic mass is 127. The number of allylic oxidation sites excluding steroid dienone is 6. The number of halogens is 1. The Bertz CT molecular complexity index is 217. The maximum atomic E-state index is 2.36. The predicted octanol–water partition coefficient (Wildman–Crippen LogP) is 5.06. The summed E-state index contributed by atoms with van der Waals surface area (Å²) >= 11 is 2.36. The Kier molecular flexibility index (Phi) is 9.47. The van der Waals surface area contributed by atoms with Crippen molar-refractivity contribution in [3.8, 4) is 0 Å². The minimum Gasteiger partial charge on any atom is -0.0856 e. The third-order valence-electron chi connectivity index (χ3n) is 1.95. The molecule has 0 amide bonds. The fourth-order valence-corrected chi connectivity index (χ4v) is 1.48. The smallest absolute Gasteiger partial charge is 0.0176 e. The molecule has 0 saturated heterocycles. The summed E-state index contributed by atoms with van der Waals surface area (Å²) in [6.07, 6.45) is 12.5. The normalized spacial score (nSPS) is 12.1. The van der Waals surface area contributed by atoms with Gasteiger partial charge in [0.15, 0.2) is 0 Å². The Balaban J connectivity index is 3.67. The largest absolute Gasteiger partial charge is 0.0856 e. The van der Waals surface area contributed by atoms with Gasteiger partial charge in [0.25, 0.3) is 0 Å². The van der Waals surface area contributed by atoms with Gasteiger partial charge in [0.05, 0.1) is 0 Å². The van der Waals surface area contributed by atoms with Gasteiger partial charge in [-0.05, 0) is 40.0 Å². The molecule has 0 aliphatic heterocycles. The van der Waals surface area contributed by atoms with Crippen LogP contribution in [0.25, 0.3) is 0 Å². The maximum absolute atomic E-state index is 2.36. The van der Waals surface area contributed by atoms with E-state index in [9.17, 15) is 0 Å². The van der Waals surface area contributed by atoms with Crippen molar-refractivity contribution < 1.29 is 0 Å². The van der Waals surface area contributed by atoms with Crippen LogP contribution in [0.15, 0.2) is 35.5 Å². The molecule has 1 heteroatoms. The van der Waals surface area contributed by atoms with E-state index in [0.29, 0.717) is 0 Å². The number of hydrogen-bond acceptors (Lipinski definition) is 0. The molecule has 0 nitrogen and oxygen atoms in total. The molecule has 0 saturated carbocycles. The average molecular weight is 304 g/mol. The van der Waals surface area contributed by atoms with E-state index < -0.39 is 0 Å². The van der Waals surface area contributed by atoms with E-state index in [4.69, 9.17) is 0 Å². The van der Waals surface area contributed by atoms with Crippen molar-refractivity contribution in [2.45, 2.75) is 40.0 Å². The van der Waals surface area contributed by atoms with E-state index in [1.807, 2.05) is 0 Å². The van der Waals surface area contributed by atoms with Crippen LogP contribution in [0.3, 0.4) is 0 Å². The number of rotatable bonds is 6. The standard InChI is InChI=1S/C13H21I/c1-12(2)8-7-10-13(3)9-5-4-6-11-14/h4,6,8-9H,5,7,10-11H2,1-3H3/b6-4+,13-9+. The van der Waals surface area contributed by atoms with Crippen LogP contribution >= 0.6 is 22.6 Å². The summed E-state index contributed by atoms with van der Waals surface area (Å²) in [5.41, 5.74) is 2.92. The number of alkyl halides is 1. The van der Waals surface area contributed by atoms with Gasteiger partial charge in [-0.3, -0.25) is 0 Å². The molecular weight excluding hydrogens is 283 g/mol. The summed E-state index contributed by atoms with van der Waals surface area (Å²) in [6, 6.07) is 0. The molecule has 0 fully saturated rings. The second kappa shape index (κ2) is 9.50. The Morgan fingerprint density at radius 3 is 2.36 bits per heavy atom. The summed E-state index contributed by atoms with van der Waals surface area (Å²) in [5, 5.41) is 0. The van der Waals surface area contributed by atoms with Gasteiger partial charge >= 0.3 is 0 Å². The molecule has 0 aliphatic carbocycles. The molecule has 0 rings (SSSR count). The molecule has 0 aliphatic rings. The molecule has 0 radical (unpaired) electrons. The van der Waals surface area contributed by atoms with Gasteiger partial charge in [0.1, 0.15) is 0 Å². The molecule has 0 aromatic heterocycles. The molecule has 0 heterocycles. The van der Waals surface area contributed by atoms with Crippen molar-refractivity contribution in [1.82, 2.24) is 0 Å². The van der Waals surface area contributed by atoms with Crippen LogP contribution in [0.5, 0.6) is 0 Å². The zero-order valence-electron chi connectivity index (χ0n) is 9.52. The van der Waals surface area contributed by atoms with E-state index in [1.165, 1.54) is 24.0 Å². The van der Waals surface area contributed by atoms with Gasteiger partial charge in [-0.15, -0.1) is 0 Å². The van der Waals surface area contributed by atoms with Crippen LogP contribution in [-0.4, -0.2) is 4.43 Å². The SMILES string of the molecule is CC(C)=CCC/C(C)=C/C/C=C/CI. The third-order valence-corrected chi connectivity index (χ3v) is 2.46. The molecule has 14 heavy (non-hydrogen) atoms. The van der Waals surface area contributed by atoms with E-state index in [-0.39, 0.29) is 0 Å². The first kappa shape index (κ1) is 13.9. The summed E-state index contributed by atoms with van der Waals surface area (Å²) in [6.45, 7) is 6.53. The third kappa shape index (κ3) is 10.0. The van der Waals surface area contributed by atoms with Gasteiger partial charge < -0.3 is 0 Å². The monoisotopic (exact) mass is 304 g/mol. The Labute approximate surface area is 102 Å². The van der Waals surface area contributed by atoms with E-state index in [2.05, 4.69) is 67.7 Å². The van der Waals surface area contributed by atoms with Gasteiger partial charge in [0, 0.05) is 4.43 Å². The Morgan fingerprint density at radius 2 is 1.79 bits per heavy atom.